The van der Waals surface area contributed by atoms with Crippen molar-refractivity contribution in [1.82, 2.24) is 25.5 Å². The van der Waals surface area contributed by atoms with Gasteiger partial charge < -0.3 is 30.9 Å². The highest BCUT2D eigenvalue weighted by molar-refractivity contribution is 7.99. The van der Waals surface area contributed by atoms with Crippen molar-refractivity contribution in [3.8, 4) is 5.69 Å². The molecule has 5 aromatic rings. The molecule has 3 atom stereocenters. The molecule has 0 bridgehead atoms. The van der Waals surface area contributed by atoms with E-state index in [2.05, 4.69) is 26.2 Å². The number of amides is 2. The summed E-state index contributed by atoms with van der Waals surface area (Å²) < 4.78 is 14.7. The molecule has 1 saturated heterocycles. The molecule has 0 saturated carbocycles. The molecule has 1 aliphatic rings. The first kappa shape index (κ1) is 36.7. The quantitative estimate of drug-likeness (QED) is 0.0518. The van der Waals surface area contributed by atoms with Gasteiger partial charge in [-0.25, -0.2) is 0 Å². The summed E-state index contributed by atoms with van der Waals surface area (Å²) in [5.41, 5.74) is 11.6. The van der Waals surface area contributed by atoms with Crippen molar-refractivity contribution in [2.75, 3.05) is 16.8 Å². The summed E-state index contributed by atoms with van der Waals surface area (Å²) in [6.45, 7) is 0.383. The molecule has 2 heterocycles. The predicted octanol–water partition coefficient (Wildman–Crippen LogP) is 6.28. The van der Waals surface area contributed by atoms with Crippen molar-refractivity contribution in [2.45, 2.75) is 75.3 Å². The second kappa shape index (κ2) is 18.4. The molecule has 1 fully saturated rings. The number of rotatable bonds is 16. The second-order valence-electron chi connectivity index (χ2n) is 12.6. The molecule has 0 spiro atoms. The Morgan fingerprint density at radius 1 is 0.827 bits per heavy atom. The molecule has 270 valence electrons. The molecule has 5 N–H and O–H groups in total. The number of hydrogen-bond acceptors (Lipinski definition) is 10. The zero-order valence-electron chi connectivity index (χ0n) is 28.8. The van der Waals surface area contributed by atoms with Crippen molar-refractivity contribution < 1.29 is 24.2 Å². The Balaban J connectivity index is 0.994. The lowest BCUT2D eigenvalue weighted by molar-refractivity contribution is -0.245. The van der Waals surface area contributed by atoms with E-state index in [4.69, 9.17) is 15.2 Å². The smallest absolute Gasteiger partial charge is 0.224 e. The largest absolute Gasteiger partial charge is 0.397 e. The number of tetrazole rings is 1. The minimum Gasteiger partial charge on any atom is -0.397 e. The number of unbranched alkanes of at least 4 members (excludes halogenated alkanes) is 2. The van der Waals surface area contributed by atoms with E-state index in [1.165, 1.54) is 11.8 Å². The van der Waals surface area contributed by atoms with Gasteiger partial charge in [-0.2, -0.15) is 4.68 Å². The summed E-state index contributed by atoms with van der Waals surface area (Å²) in [5, 5.41) is 28.3. The van der Waals surface area contributed by atoms with Crippen LogP contribution in [0.3, 0.4) is 0 Å². The maximum atomic E-state index is 12.5. The number of thioether (sulfide) groups is 1. The van der Waals surface area contributed by atoms with Gasteiger partial charge in [-0.15, -0.1) is 5.10 Å². The number of para-hydroxylation sites is 3. The predicted molar refractivity (Wildman–Crippen MR) is 199 cm³/mol. The first-order valence-electron chi connectivity index (χ1n) is 17.4. The van der Waals surface area contributed by atoms with Gasteiger partial charge in [0, 0.05) is 37.1 Å². The molecule has 6 rings (SSSR count). The summed E-state index contributed by atoms with van der Waals surface area (Å²) in [7, 11) is 0. The lowest BCUT2D eigenvalue weighted by atomic mass is 10.0. The molecule has 0 unspecified atom stereocenters. The van der Waals surface area contributed by atoms with Crippen molar-refractivity contribution in [1.29, 1.82) is 0 Å². The number of aliphatic hydroxyl groups is 1. The molecule has 0 radical (unpaired) electrons. The van der Waals surface area contributed by atoms with Gasteiger partial charge in [0.25, 0.3) is 0 Å². The van der Waals surface area contributed by atoms with Gasteiger partial charge in [-0.1, -0.05) is 97.0 Å². The van der Waals surface area contributed by atoms with Gasteiger partial charge in [0.2, 0.25) is 17.0 Å². The van der Waals surface area contributed by atoms with Crippen LogP contribution in [0.2, 0.25) is 0 Å². The first-order valence-corrected chi connectivity index (χ1v) is 18.4. The molecular weight excluding hydrogens is 679 g/mol. The van der Waals surface area contributed by atoms with Crippen LogP contribution >= 0.6 is 11.8 Å². The van der Waals surface area contributed by atoms with Crippen LogP contribution < -0.4 is 16.4 Å². The van der Waals surface area contributed by atoms with E-state index >= 15 is 0 Å². The average molecular weight is 722 g/mol. The van der Waals surface area contributed by atoms with Crippen LogP contribution in [0.1, 0.15) is 73.2 Å². The highest BCUT2D eigenvalue weighted by Crippen LogP contribution is 2.39. The lowest BCUT2D eigenvalue weighted by Gasteiger charge is -2.36. The van der Waals surface area contributed by atoms with Crippen LogP contribution in [0, 0.1) is 0 Å². The van der Waals surface area contributed by atoms with Gasteiger partial charge in [0.15, 0.2) is 6.29 Å². The maximum absolute atomic E-state index is 12.5. The Bertz CT molecular complexity index is 1890. The van der Waals surface area contributed by atoms with Crippen molar-refractivity contribution in [2.24, 2.45) is 0 Å². The first-order chi connectivity index (χ1) is 25.4. The Kier molecular flexibility index (Phi) is 13.0. The van der Waals surface area contributed by atoms with Crippen LogP contribution in [-0.2, 0) is 32.2 Å². The number of benzene rings is 4. The number of ether oxygens (including phenoxy) is 2. The van der Waals surface area contributed by atoms with E-state index < -0.39 is 6.29 Å². The minimum atomic E-state index is -0.609. The van der Waals surface area contributed by atoms with Gasteiger partial charge >= 0.3 is 0 Å². The summed E-state index contributed by atoms with van der Waals surface area (Å²) in [6, 6.07) is 32.6. The van der Waals surface area contributed by atoms with Gasteiger partial charge in [-0.05, 0) is 64.2 Å². The zero-order valence-corrected chi connectivity index (χ0v) is 29.6. The monoisotopic (exact) mass is 721 g/mol. The Morgan fingerprint density at radius 3 is 2.27 bits per heavy atom. The Hall–Kier alpha value is -5.08. The van der Waals surface area contributed by atoms with Crippen LogP contribution in [-0.4, -0.2) is 49.0 Å². The van der Waals surface area contributed by atoms with Crippen molar-refractivity contribution >= 4 is 35.0 Å². The third-order valence-corrected chi connectivity index (χ3v) is 9.79. The number of nitrogen functional groups attached to an aromatic ring is 1. The SMILES string of the molecule is Nc1ccccc1NC(=O)CCCCCC(=O)NCc1ccc([C@@H]2O[C@H](CSc3nnnn3-c3ccccc3)C[C@H](c3ccc(CO)cc3)O2)cc1. The summed E-state index contributed by atoms with van der Waals surface area (Å²) in [4.78, 5) is 24.7. The Labute approximate surface area is 307 Å². The second-order valence-corrected chi connectivity index (χ2v) is 13.6. The standard InChI is InChI=1S/C39H43N7O5S/c40-33-11-7-8-12-34(33)42-37(49)14-6-2-5-13-36(48)41-24-27-15-21-30(22-16-27)38-50-32(23-35(51-38)29-19-17-28(25-47)18-20-29)26-52-39-43-44-45-46(39)31-9-3-1-4-10-31/h1,3-4,7-12,15-22,32,35,38,47H,2,5-6,13-14,23-26,40H2,(H,41,48)(H,42,49)/t32-,35+,38+/m0/s1. The lowest BCUT2D eigenvalue weighted by Crippen LogP contribution is -2.31. The van der Waals surface area contributed by atoms with Gasteiger partial charge in [-0.3, -0.25) is 9.59 Å². The number of nitrogens with one attached hydrogen (secondary N) is 2. The number of aromatic nitrogens is 4. The Morgan fingerprint density at radius 2 is 1.52 bits per heavy atom. The van der Waals surface area contributed by atoms with Crippen LogP contribution in [0.25, 0.3) is 5.69 Å². The maximum Gasteiger partial charge on any atom is 0.224 e. The van der Waals surface area contributed by atoms with E-state index in [0.717, 1.165) is 34.4 Å². The molecule has 13 heteroatoms. The fraction of sp³-hybridized carbons (Fsp3) is 0.308. The topological polar surface area (TPSA) is 167 Å². The number of hydrogen-bond donors (Lipinski definition) is 4. The average Bonchev–Trinajstić information content (AvgIpc) is 3.66. The van der Waals surface area contributed by atoms with Crippen molar-refractivity contribution in [3.05, 3.63) is 125 Å². The minimum absolute atomic E-state index is 0.0219. The van der Waals surface area contributed by atoms with Crippen LogP contribution in [0.4, 0.5) is 11.4 Å². The van der Waals surface area contributed by atoms with Crippen LogP contribution in [0.5, 0.6) is 0 Å². The fourth-order valence-corrected chi connectivity index (χ4v) is 6.75. The van der Waals surface area contributed by atoms with Crippen molar-refractivity contribution in [3.63, 3.8) is 0 Å². The van der Waals surface area contributed by atoms with Gasteiger partial charge in [0.05, 0.1) is 35.9 Å². The number of nitrogens with two attached hydrogens (primary N) is 1. The molecule has 4 aromatic carbocycles. The van der Waals surface area contributed by atoms with Crippen LogP contribution in [0.15, 0.2) is 108 Å². The number of nitrogens with zero attached hydrogens (tertiary/aromatic N) is 4. The van der Waals surface area contributed by atoms with E-state index in [1.807, 2.05) is 91.0 Å². The van der Waals surface area contributed by atoms with E-state index in [0.29, 0.717) is 60.9 Å². The third-order valence-electron chi connectivity index (χ3n) is 8.74. The molecule has 52 heavy (non-hydrogen) atoms. The molecule has 1 aromatic heterocycles. The fourth-order valence-electron chi connectivity index (χ4n) is 5.84. The van der Waals surface area contributed by atoms with E-state index in [9.17, 15) is 14.7 Å². The summed E-state index contributed by atoms with van der Waals surface area (Å²) >= 11 is 1.53. The molecule has 1 aliphatic heterocycles. The normalized spacial score (nSPS) is 17.1. The number of aliphatic hydroxyl groups excluding tert-OH is 1. The summed E-state index contributed by atoms with van der Waals surface area (Å²) in [5.74, 6) is 0.495. The number of carbonyl (C=O) groups is 2. The highest BCUT2D eigenvalue weighted by Gasteiger charge is 2.32. The molecule has 2 amide bonds. The third kappa shape index (κ3) is 10.3. The molecule has 0 aliphatic carbocycles. The van der Waals surface area contributed by atoms with Gasteiger partial charge in [0.1, 0.15) is 0 Å². The summed E-state index contributed by atoms with van der Waals surface area (Å²) in [6.07, 6.45) is 2.58. The van der Waals surface area contributed by atoms with E-state index in [-0.39, 0.29) is 30.6 Å². The number of carbonyl (C=O) groups excluding carboxylic acids is 2. The number of anilines is 2. The van der Waals surface area contributed by atoms with E-state index in [1.54, 1.807) is 16.8 Å². The molecule has 12 nitrogen and oxygen atoms in total. The zero-order chi connectivity index (χ0) is 36.1. The highest BCUT2D eigenvalue weighted by atomic mass is 32.2. The molecular formula is C39H43N7O5S.